The molecule has 4 nitrogen and oxygen atoms in total. The van der Waals surface area contributed by atoms with Crippen LogP contribution >= 0.6 is 0 Å². The van der Waals surface area contributed by atoms with E-state index in [0.717, 1.165) is 0 Å². The largest absolute Gasteiger partial charge is 0.508 e. The van der Waals surface area contributed by atoms with Crippen molar-refractivity contribution in [1.29, 1.82) is 0 Å². The lowest BCUT2D eigenvalue weighted by Gasteiger charge is -2.16. The molecule has 0 aromatic carbocycles. The van der Waals surface area contributed by atoms with E-state index in [4.69, 9.17) is 5.11 Å². The lowest BCUT2D eigenvalue weighted by Crippen LogP contribution is -2.27. The van der Waals surface area contributed by atoms with Crippen molar-refractivity contribution in [3.63, 3.8) is 0 Å². The highest BCUT2D eigenvalue weighted by atomic mass is 16.3. The predicted molar refractivity (Wildman–Crippen MR) is 54.0 cm³/mol. The van der Waals surface area contributed by atoms with Crippen LogP contribution < -0.4 is 5.32 Å². The van der Waals surface area contributed by atoms with Gasteiger partial charge in [-0.15, -0.1) is 0 Å². The van der Waals surface area contributed by atoms with E-state index in [1.807, 2.05) is 20.8 Å². The molecule has 2 N–H and O–H groups in total. The van der Waals surface area contributed by atoms with Gasteiger partial charge in [-0.25, -0.2) is 4.98 Å². The first-order valence-corrected chi connectivity index (χ1v) is 4.36. The topological polar surface area (TPSA) is 62.2 Å². The minimum absolute atomic E-state index is 0.0872. The molecule has 0 fully saturated rings. The van der Waals surface area contributed by atoms with E-state index in [1.54, 1.807) is 0 Å². The van der Waals surface area contributed by atoms with Crippen LogP contribution in [0.3, 0.4) is 0 Å². The van der Waals surface area contributed by atoms with Crippen molar-refractivity contribution in [1.82, 2.24) is 4.98 Å². The van der Waals surface area contributed by atoms with Crippen molar-refractivity contribution < 1.29 is 9.90 Å². The second-order valence-corrected chi connectivity index (χ2v) is 4.10. The highest BCUT2D eigenvalue weighted by Crippen LogP contribution is 2.18. The number of pyridine rings is 1. The van der Waals surface area contributed by atoms with Crippen LogP contribution in [0.4, 0.5) is 5.82 Å². The molecule has 0 saturated carbocycles. The number of nitrogens with zero attached hydrogens (tertiary/aromatic N) is 1. The minimum atomic E-state index is -0.465. The van der Waals surface area contributed by atoms with Crippen LogP contribution in [-0.4, -0.2) is 16.0 Å². The number of rotatable bonds is 1. The molecule has 0 aliphatic rings. The van der Waals surface area contributed by atoms with E-state index in [9.17, 15) is 4.79 Å². The smallest absolute Gasteiger partial charge is 0.230 e. The van der Waals surface area contributed by atoms with Gasteiger partial charge in [0.25, 0.3) is 0 Å². The van der Waals surface area contributed by atoms with E-state index in [1.165, 1.54) is 18.3 Å². The van der Waals surface area contributed by atoms with Gasteiger partial charge in [0.05, 0.1) is 0 Å². The van der Waals surface area contributed by atoms with Crippen molar-refractivity contribution in [2.24, 2.45) is 5.41 Å². The average molecular weight is 194 g/mol. The second-order valence-electron chi connectivity index (χ2n) is 4.10. The number of aromatic hydroxyl groups is 1. The second kappa shape index (κ2) is 3.65. The molecule has 0 aliphatic heterocycles. The minimum Gasteiger partial charge on any atom is -0.508 e. The zero-order chi connectivity index (χ0) is 10.8. The van der Waals surface area contributed by atoms with Crippen LogP contribution in [0, 0.1) is 5.41 Å². The lowest BCUT2D eigenvalue weighted by molar-refractivity contribution is -0.123. The quantitative estimate of drug-likeness (QED) is 0.716. The monoisotopic (exact) mass is 194 g/mol. The van der Waals surface area contributed by atoms with Crippen LogP contribution in [0.25, 0.3) is 0 Å². The van der Waals surface area contributed by atoms with Crippen LogP contribution in [-0.2, 0) is 4.79 Å². The van der Waals surface area contributed by atoms with Crippen molar-refractivity contribution in [3.05, 3.63) is 18.3 Å². The van der Waals surface area contributed by atoms with E-state index >= 15 is 0 Å². The predicted octanol–water partition coefficient (Wildman–Crippen LogP) is 1.77. The molecule has 0 radical (unpaired) electrons. The molecule has 0 unspecified atom stereocenters. The average Bonchev–Trinajstić information content (AvgIpc) is 2.02. The van der Waals surface area contributed by atoms with Crippen LogP contribution in [0.2, 0.25) is 0 Å². The van der Waals surface area contributed by atoms with Crippen LogP contribution in [0.5, 0.6) is 5.75 Å². The number of carbonyl (C=O) groups is 1. The Morgan fingerprint density at radius 2 is 2.14 bits per heavy atom. The molecular formula is C10H14N2O2. The number of nitrogens with one attached hydrogen (secondary N) is 1. The SMILES string of the molecule is CC(C)(C)C(=O)Nc1cc(O)ccn1. The van der Waals surface area contributed by atoms with Gasteiger partial charge in [0.1, 0.15) is 11.6 Å². The maximum Gasteiger partial charge on any atom is 0.230 e. The Bertz CT molecular complexity index is 342. The standard InChI is InChI=1S/C10H14N2O2/c1-10(2,3)9(14)12-8-6-7(13)4-5-11-8/h4-6H,1-3H3,(H2,11,12,13,14). The summed E-state index contributed by atoms with van der Waals surface area (Å²) in [5.74, 6) is 0.324. The van der Waals surface area contributed by atoms with Gasteiger partial charge in [-0.3, -0.25) is 4.79 Å². The van der Waals surface area contributed by atoms with Crippen LogP contribution in [0.1, 0.15) is 20.8 Å². The Kier molecular flexibility index (Phi) is 2.74. The molecule has 1 amide bonds. The maximum atomic E-state index is 11.5. The number of anilines is 1. The molecule has 14 heavy (non-hydrogen) atoms. The lowest BCUT2D eigenvalue weighted by atomic mass is 9.96. The zero-order valence-electron chi connectivity index (χ0n) is 8.53. The number of carbonyl (C=O) groups excluding carboxylic acids is 1. The fourth-order valence-electron chi connectivity index (χ4n) is 0.792. The van der Waals surface area contributed by atoms with Crippen molar-refractivity contribution in [2.45, 2.75) is 20.8 Å². The fourth-order valence-corrected chi connectivity index (χ4v) is 0.792. The zero-order valence-corrected chi connectivity index (χ0v) is 8.53. The first kappa shape index (κ1) is 10.5. The van der Waals surface area contributed by atoms with Gasteiger partial charge in [-0.1, -0.05) is 20.8 Å². The molecule has 1 aromatic rings. The highest BCUT2D eigenvalue weighted by molar-refractivity contribution is 5.93. The summed E-state index contributed by atoms with van der Waals surface area (Å²) in [6, 6.07) is 2.86. The first-order valence-electron chi connectivity index (χ1n) is 4.36. The Hall–Kier alpha value is -1.58. The molecule has 0 aliphatic carbocycles. The Morgan fingerprint density at radius 3 is 2.64 bits per heavy atom. The van der Waals surface area contributed by atoms with Crippen molar-refractivity contribution in [3.8, 4) is 5.75 Å². The summed E-state index contributed by atoms with van der Waals surface area (Å²) in [7, 11) is 0. The molecule has 0 atom stereocenters. The molecule has 4 heteroatoms. The Labute approximate surface area is 83.0 Å². The van der Waals surface area contributed by atoms with Crippen molar-refractivity contribution >= 4 is 11.7 Å². The summed E-state index contributed by atoms with van der Waals surface area (Å²) in [6.07, 6.45) is 1.44. The van der Waals surface area contributed by atoms with Gasteiger partial charge in [-0.2, -0.15) is 0 Å². The first-order chi connectivity index (χ1) is 6.39. The van der Waals surface area contributed by atoms with Crippen molar-refractivity contribution in [2.75, 3.05) is 5.32 Å². The summed E-state index contributed by atoms with van der Waals surface area (Å²) >= 11 is 0. The summed E-state index contributed by atoms with van der Waals surface area (Å²) in [5.41, 5.74) is -0.465. The molecular weight excluding hydrogens is 180 g/mol. The van der Waals surface area contributed by atoms with Gasteiger partial charge in [0.2, 0.25) is 5.91 Å². The van der Waals surface area contributed by atoms with Gasteiger partial charge in [0.15, 0.2) is 0 Å². The van der Waals surface area contributed by atoms with Gasteiger partial charge >= 0.3 is 0 Å². The van der Waals surface area contributed by atoms with E-state index in [-0.39, 0.29) is 11.7 Å². The van der Waals surface area contributed by atoms with Gasteiger partial charge in [-0.05, 0) is 6.07 Å². The normalized spacial score (nSPS) is 11.1. The fraction of sp³-hybridized carbons (Fsp3) is 0.400. The van der Waals surface area contributed by atoms with Gasteiger partial charge < -0.3 is 10.4 Å². The highest BCUT2D eigenvalue weighted by Gasteiger charge is 2.21. The van der Waals surface area contributed by atoms with E-state index in [2.05, 4.69) is 10.3 Å². The molecule has 1 aromatic heterocycles. The molecule has 0 saturated heterocycles. The number of hydrogen-bond acceptors (Lipinski definition) is 3. The molecule has 0 bridgehead atoms. The molecule has 76 valence electrons. The summed E-state index contributed by atoms with van der Waals surface area (Å²) in [6.45, 7) is 5.43. The third-order valence-corrected chi connectivity index (χ3v) is 1.67. The summed E-state index contributed by atoms with van der Waals surface area (Å²) < 4.78 is 0. The molecule has 1 rings (SSSR count). The summed E-state index contributed by atoms with van der Waals surface area (Å²) in [4.78, 5) is 15.4. The van der Waals surface area contributed by atoms with E-state index in [0.29, 0.717) is 5.82 Å². The number of aromatic nitrogens is 1. The van der Waals surface area contributed by atoms with Crippen LogP contribution in [0.15, 0.2) is 18.3 Å². The number of amides is 1. The number of hydrogen-bond donors (Lipinski definition) is 2. The third kappa shape index (κ3) is 2.73. The van der Waals surface area contributed by atoms with Gasteiger partial charge in [0, 0.05) is 17.7 Å². The Balaban J connectivity index is 2.75. The Morgan fingerprint density at radius 1 is 1.50 bits per heavy atom. The third-order valence-electron chi connectivity index (χ3n) is 1.67. The maximum absolute atomic E-state index is 11.5. The molecule has 0 spiro atoms. The summed E-state index contributed by atoms with van der Waals surface area (Å²) in [5, 5.41) is 11.8. The van der Waals surface area contributed by atoms with E-state index < -0.39 is 5.41 Å². The molecule has 1 heterocycles.